The van der Waals surface area contributed by atoms with Crippen molar-refractivity contribution in [1.29, 1.82) is 0 Å². The number of carbonyl (C=O) groups is 1. The van der Waals surface area contributed by atoms with Gasteiger partial charge in [0.25, 0.3) is 0 Å². The molecule has 0 fully saturated rings. The molecule has 40 heavy (non-hydrogen) atoms. The Kier molecular flexibility index (Phi) is 7.94. The minimum Gasteiger partial charge on any atom is -0.504 e. The molecule has 8 heteroatoms. The van der Waals surface area contributed by atoms with E-state index in [0.29, 0.717) is 38.8 Å². The topological polar surface area (TPSA) is 83.5 Å². The van der Waals surface area contributed by atoms with Crippen molar-refractivity contribution >= 4 is 28.3 Å². The minimum absolute atomic E-state index is 0.00494. The summed E-state index contributed by atoms with van der Waals surface area (Å²) in [4.78, 5) is 13.2. The standard InChI is InChI=1S/C32H25ClO7/c1-36-22-9-13-24(14-10-22)38-31-29(35)26-17-8-21(33)19-27(26)30(40-28(34)18-20-6-4-3-5-7-20)32(31)39-25-15-11-23(37-2)12-16-25/h3-17,19,35H,18H2,1-2H3. The van der Waals surface area contributed by atoms with Crippen LogP contribution in [0, 0.1) is 0 Å². The monoisotopic (exact) mass is 556 g/mol. The average molecular weight is 557 g/mol. The number of rotatable bonds is 9. The lowest BCUT2D eigenvalue weighted by Gasteiger charge is -2.20. The maximum Gasteiger partial charge on any atom is 0.315 e. The number of fused-ring (bicyclic) bond motifs is 1. The second kappa shape index (κ2) is 11.9. The maximum atomic E-state index is 13.2. The number of carbonyl (C=O) groups excluding carboxylic acids is 1. The summed E-state index contributed by atoms with van der Waals surface area (Å²) < 4.78 is 28.8. The molecule has 202 valence electrons. The van der Waals surface area contributed by atoms with E-state index in [0.717, 1.165) is 5.56 Å². The fourth-order valence-electron chi connectivity index (χ4n) is 4.09. The molecule has 0 saturated heterocycles. The molecule has 0 saturated carbocycles. The highest BCUT2D eigenvalue weighted by molar-refractivity contribution is 6.31. The maximum absolute atomic E-state index is 13.2. The number of aromatic hydroxyl groups is 1. The highest BCUT2D eigenvalue weighted by Crippen LogP contribution is 2.54. The molecular weight excluding hydrogens is 532 g/mol. The molecule has 0 bridgehead atoms. The van der Waals surface area contributed by atoms with Gasteiger partial charge >= 0.3 is 5.97 Å². The Labute approximate surface area is 236 Å². The number of benzene rings is 5. The Balaban J connectivity index is 1.66. The minimum atomic E-state index is -0.534. The second-order valence-electron chi connectivity index (χ2n) is 8.72. The van der Waals surface area contributed by atoms with E-state index in [-0.39, 0.29) is 29.4 Å². The number of phenolic OH excluding ortho intramolecular Hbond substituents is 1. The summed E-state index contributed by atoms with van der Waals surface area (Å²) in [6, 6.07) is 27.7. The molecule has 0 aliphatic carbocycles. The molecule has 5 aromatic carbocycles. The Morgan fingerprint density at radius 3 is 1.80 bits per heavy atom. The molecule has 0 amide bonds. The summed E-state index contributed by atoms with van der Waals surface area (Å²) in [6.45, 7) is 0. The molecule has 5 rings (SSSR count). The fourth-order valence-corrected chi connectivity index (χ4v) is 4.26. The van der Waals surface area contributed by atoms with Gasteiger partial charge in [-0.25, -0.2) is 0 Å². The van der Waals surface area contributed by atoms with Crippen LogP contribution in [0.5, 0.6) is 46.0 Å². The van der Waals surface area contributed by atoms with Gasteiger partial charge in [-0.3, -0.25) is 4.79 Å². The van der Waals surface area contributed by atoms with E-state index in [1.54, 1.807) is 80.9 Å². The first-order valence-corrected chi connectivity index (χ1v) is 12.7. The zero-order valence-electron chi connectivity index (χ0n) is 21.7. The Hall–Kier alpha value is -4.88. The van der Waals surface area contributed by atoms with E-state index in [9.17, 15) is 9.90 Å². The zero-order valence-corrected chi connectivity index (χ0v) is 22.5. The van der Waals surface area contributed by atoms with E-state index >= 15 is 0 Å². The van der Waals surface area contributed by atoms with Crippen molar-refractivity contribution in [3.63, 3.8) is 0 Å². The van der Waals surface area contributed by atoms with Crippen LogP contribution >= 0.6 is 11.6 Å². The molecule has 0 unspecified atom stereocenters. The lowest BCUT2D eigenvalue weighted by Crippen LogP contribution is -2.12. The molecule has 0 heterocycles. The van der Waals surface area contributed by atoms with Crippen LogP contribution in [-0.4, -0.2) is 25.3 Å². The van der Waals surface area contributed by atoms with Gasteiger partial charge in [0.05, 0.1) is 20.6 Å². The molecule has 0 radical (unpaired) electrons. The highest BCUT2D eigenvalue weighted by atomic mass is 35.5. The molecule has 0 atom stereocenters. The van der Waals surface area contributed by atoms with Crippen LogP contribution in [0.1, 0.15) is 5.56 Å². The summed E-state index contributed by atoms with van der Waals surface area (Å²) >= 11 is 6.33. The SMILES string of the molecule is COc1ccc(Oc2c(Oc3ccc(OC)cc3)c(OC(=O)Cc3ccccc3)c3cc(Cl)ccc3c2O)cc1. The van der Waals surface area contributed by atoms with Gasteiger partial charge in [-0.2, -0.15) is 0 Å². The fraction of sp³-hybridized carbons (Fsp3) is 0.0938. The van der Waals surface area contributed by atoms with Crippen molar-refractivity contribution in [2.75, 3.05) is 14.2 Å². The smallest absolute Gasteiger partial charge is 0.315 e. The van der Waals surface area contributed by atoms with Crippen LogP contribution in [0.25, 0.3) is 10.8 Å². The predicted octanol–water partition coefficient (Wildman–Crippen LogP) is 7.95. The summed E-state index contributed by atoms with van der Waals surface area (Å²) in [6.07, 6.45) is 0.0143. The summed E-state index contributed by atoms with van der Waals surface area (Å²) in [5.41, 5.74) is 0.779. The number of ether oxygens (including phenoxy) is 5. The molecule has 0 aliphatic rings. The second-order valence-corrected chi connectivity index (χ2v) is 9.15. The van der Waals surface area contributed by atoms with Crippen LogP contribution in [-0.2, 0) is 11.2 Å². The molecule has 0 aliphatic heterocycles. The third-order valence-electron chi connectivity index (χ3n) is 6.07. The first-order valence-electron chi connectivity index (χ1n) is 12.3. The van der Waals surface area contributed by atoms with Crippen molar-refractivity contribution in [3.05, 3.63) is 108 Å². The number of methoxy groups -OCH3 is 2. The van der Waals surface area contributed by atoms with Gasteiger partial charge in [0.15, 0.2) is 11.5 Å². The van der Waals surface area contributed by atoms with E-state index in [2.05, 4.69) is 0 Å². The summed E-state index contributed by atoms with van der Waals surface area (Å²) in [5.74, 6) is 1.30. The van der Waals surface area contributed by atoms with Gasteiger partial charge in [0, 0.05) is 15.8 Å². The quantitative estimate of drug-likeness (QED) is 0.146. The van der Waals surface area contributed by atoms with Gasteiger partial charge in [-0.1, -0.05) is 41.9 Å². The molecule has 7 nitrogen and oxygen atoms in total. The van der Waals surface area contributed by atoms with Gasteiger partial charge in [0.2, 0.25) is 11.5 Å². The van der Waals surface area contributed by atoms with Gasteiger partial charge in [-0.05, 0) is 72.3 Å². The third-order valence-corrected chi connectivity index (χ3v) is 6.31. The normalized spacial score (nSPS) is 10.7. The first-order chi connectivity index (χ1) is 19.4. The van der Waals surface area contributed by atoms with Gasteiger partial charge in [-0.15, -0.1) is 0 Å². The third kappa shape index (κ3) is 5.90. The van der Waals surface area contributed by atoms with Crippen molar-refractivity contribution in [1.82, 2.24) is 0 Å². The first kappa shape index (κ1) is 26.7. The van der Waals surface area contributed by atoms with E-state index < -0.39 is 5.97 Å². The van der Waals surface area contributed by atoms with Crippen LogP contribution in [0.2, 0.25) is 5.02 Å². The number of hydrogen-bond donors (Lipinski definition) is 1. The van der Waals surface area contributed by atoms with E-state index in [4.69, 9.17) is 35.3 Å². The van der Waals surface area contributed by atoms with Gasteiger partial charge < -0.3 is 28.8 Å². The van der Waals surface area contributed by atoms with Crippen LogP contribution in [0.15, 0.2) is 97.1 Å². The van der Waals surface area contributed by atoms with Gasteiger partial charge in [0.1, 0.15) is 23.0 Å². The van der Waals surface area contributed by atoms with E-state index in [1.165, 1.54) is 0 Å². The van der Waals surface area contributed by atoms with Crippen molar-refractivity contribution in [3.8, 4) is 46.0 Å². The molecular formula is C32H25ClO7. The number of halogens is 1. The predicted molar refractivity (Wildman–Crippen MR) is 153 cm³/mol. The van der Waals surface area contributed by atoms with Crippen LogP contribution in [0.4, 0.5) is 0 Å². The number of phenols is 1. The molecule has 5 aromatic rings. The van der Waals surface area contributed by atoms with Crippen molar-refractivity contribution in [2.45, 2.75) is 6.42 Å². The Bertz CT molecular complexity index is 1630. The van der Waals surface area contributed by atoms with E-state index in [1.807, 2.05) is 30.3 Å². The van der Waals surface area contributed by atoms with Crippen LogP contribution < -0.4 is 23.7 Å². The molecule has 0 aromatic heterocycles. The number of esters is 1. The largest absolute Gasteiger partial charge is 0.504 e. The zero-order chi connectivity index (χ0) is 28.1. The number of hydrogen-bond acceptors (Lipinski definition) is 7. The average Bonchev–Trinajstić information content (AvgIpc) is 2.98. The molecule has 0 spiro atoms. The summed E-state index contributed by atoms with van der Waals surface area (Å²) in [5, 5.41) is 12.5. The summed E-state index contributed by atoms with van der Waals surface area (Å²) in [7, 11) is 3.12. The van der Waals surface area contributed by atoms with Crippen molar-refractivity contribution < 1.29 is 33.6 Å². The highest BCUT2D eigenvalue weighted by Gasteiger charge is 2.27. The Morgan fingerprint density at radius 1 is 0.675 bits per heavy atom. The lowest BCUT2D eigenvalue weighted by atomic mass is 10.1. The van der Waals surface area contributed by atoms with Crippen molar-refractivity contribution in [2.24, 2.45) is 0 Å². The van der Waals surface area contributed by atoms with Crippen LogP contribution in [0.3, 0.4) is 0 Å². The lowest BCUT2D eigenvalue weighted by molar-refractivity contribution is -0.133. The Morgan fingerprint density at radius 2 is 1.23 bits per heavy atom. The molecule has 1 N–H and O–H groups in total.